The van der Waals surface area contributed by atoms with Crippen molar-refractivity contribution in [3.05, 3.63) is 34.3 Å². The molecular weight excluding hydrogens is 238 g/mol. The van der Waals surface area contributed by atoms with E-state index >= 15 is 0 Å². The van der Waals surface area contributed by atoms with Crippen molar-refractivity contribution in [2.24, 2.45) is 5.73 Å². The van der Waals surface area contributed by atoms with E-state index < -0.39 is 17.6 Å². The predicted molar refractivity (Wildman–Crippen MR) is 62.5 cm³/mol. The Morgan fingerprint density at radius 3 is 2.83 bits per heavy atom. The second kappa shape index (κ2) is 4.36. The molecule has 0 spiro atoms. The first-order chi connectivity index (χ1) is 8.47. The molecule has 7 heteroatoms. The molecule has 0 saturated carbocycles. The number of nitrogens with one attached hydrogen (secondary N) is 1. The van der Waals surface area contributed by atoms with Crippen LogP contribution in [0.5, 0.6) is 0 Å². The van der Waals surface area contributed by atoms with E-state index in [1.807, 2.05) is 0 Å². The summed E-state index contributed by atoms with van der Waals surface area (Å²) < 4.78 is 4.85. The fourth-order valence-corrected chi connectivity index (χ4v) is 1.63. The maximum Gasteiger partial charge on any atom is 0.417 e. The van der Waals surface area contributed by atoms with E-state index in [1.165, 1.54) is 11.9 Å². The standard InChI is InChI=1S/C11H11N3O4/c1-14(10(16)9(12)15)5-6-2-3-8-7(4-6)13-11(17)18-8/h2-4H,5H2,1H3,(H2,12,15)(H,13,17). The van der Waals surface area contributed by atoms with Gasteiger partial charge in [0.1, 0.15) is 0 Å². The van der Waals surface area contributed by atoms with Gasteiger partial charge in [0.05, 0.1) is 5.52 Å². The molecule has 94 valence electrons. The van der Waals surface area contributed by atoms with Gasteiger partial charge in [0.2, 0.25) is 0 Å². The van der Waals surface area contributed by atoms with Crippen LogP contribution in [0.4, 0.5) is 0 Å². The Balaban J connectivity index is 2.24. The van der Waals surface area contributed by atoms with Crippen LogP contribution in [0, 0.1) is 0 Å². The molecule has 0 radical (unpaired) electrons. The van der Waals surface area contributed by atoms with Crippen molar-refractivity contribution in [3.8, 4) is 0 Å². The topological polar surface area (TPSA) is 109 Å². The van der Waals surface area contributed by atoms with Crippen LogP contribution in [-0.2, 0) is 16.1 Å². The lowest BCUT2D eigenvalue weighted by Crippen LogP contribution is -2.37. The zero-order valence-electron chi connectivity index (χ0n) is 9.60. The number of rotatable bonds is 2. The summed E-state index contributed by atoms with van der Waals surface area (Å²) in [4.78, 5) is 36.7. The van der Waals surface area contributed by atoms with Crippen molar-refractivity contribution in [1.82, 2.24) is 9.88 Å². The Kier molecular flexibility index (Phi) is 2.88. The molecule has 2 rings (SSSR count). The summed E-state index contributed by atoms with van der Waals surface area (Å²) >= 11 is 0. The molecule has 1 heterocycles. The number of benzene rings is 1. The number of H-pyrrole nitrogens is 1. The van der Waals surface area contributed by atoms with Crippen LogP contribution in [0.3, 0.4) is 0 Å². The number of nitrogens with zero attached hydrogens (tertiary/aromatic N) is 1. The number of aromatic amines is 1. The molecule has 0 atom stereocenters. The minimum Gasteiger partial charge on any atom is -0.408 e. The van der Waals surface area contributed by atoms with Gasteiger partial charge in [-0.3, -0.25) is 14.6 Å². The number of carbonyl (C=O) groups is 2. The van der Waals surface area contributed by atoms with Crippen LogP contribution in [0.1, 0.15) is 5.56 Å². The first-order valence-electron chi connectivity index (χ1n) is 5.14. The SMILES string of the molecule is CN(Cc1ccc2oc(=O)[nH]c2c1)C(=O)C(N)=O. The van der Waals surface area contributed by atoms with Gasteiger partial charge in [-0.1, -0.05) is 6.07 Å². The van der Waals surface area contributed by atoms with Crippen molar-refractivity contribution < 1.29 is 14.0 Å². The van der Waals surface area contributed by atoms with Crippen LogP contribution in [0.25, 0.3) is 11.1 Å². The summed E-state index contributed by atoms with van der Waals surface area (Å²) in [6, 6.07) is 4.99. The highest BCUT2D eigenvalue weighted by Crippen LogP contribution is 2.13. The molecule has 0 fully saturated rings. The number of likely N-dealkylation sites (N-methyl/N-ethyl adjacent to an activating group) is 1. The van der Waals surface area contributed by atoms with E-state index in [2.05, 4.69) is 4.98 Å². The maximum absolute atomic E-state index is 11.3. The van der Waals surface area contributed by atoms with Crippen LogP contribution in [-0.4, -0.2) is 28.7 Å². The van der Waals surface area contributed by atoms with Gasteiger partial charge in [0.15, 0.2) is 5.58 Å². The zero-order chi connectivity index (χ0) is 13.3. The van der Waals surface area contributed by atoms with Gasteiger partial charge in [0.25, 0.3) is 0 Å². The number of hydrogen-bond acceptors (Lipinski definition) is 4. The van der Waals surface area contributed by atoms with Gasteiger partial charge in [0, 0.05) is 13.6 Å². The van der Waals surface area contributed by atoms with E-state index in [9.17, 15) is 14.4 Å². The quantitative estimate of drug-likeness (QED) is 0.703. The second-order valence-electron chi connectivity index (χ2n) is 3.87. The Hall–Kier alpha value is -2.57. The number of amides is 2. The molecular formula is C11H11N3O4. The van der Waals surface area contributed by atoms with Gasteiger partial charge >= 0.3 is 17.6 Å². The summed E-state index contributed by atoms with van der Waals surface area (Å²) in [6.45, 7) is 0.213. The first kappa shape index (κ1) is 11.9. The lowest BCUT2D eigenvalue weighted by molar-refractivity contribution is -0.143. The summed E-state index contributed by atoms with van der Waals surface area (Å²) in [6.07, 6.45) is 0. The smallest absolute Gasteiger partial charge is 0.408 e. The van der Waals surface area contributed by atoms with E-state index in [-0.39, 0.29) is 6.54 Å². The molecule has 1 aromatic heterocycles. The molecule has 1 aromatic carbocycles. The van der Waals surface area contributed by atoms with Crippen LogP contribution in [0.15, 0.2) is 27.4 Å². The van der Waals surface area contributed by atoms with E-state index in [0.29, 0.717) is 11.1 Å². The minimum atomic E-state index is -1.00. The first-order valence-corrected chi connectivity index (χ1v) is 5.14. The Morgan fingerprint density at radius 1 is 1.44 bits per heavy atom. The molecule has 0 bridgehead atoms. The van der Waals surface area contributed by atoms with Crippen molar-refractivity contribution in [3.63, 3.8) is 0 Å². The third-order valence-corrected chi connectivity index (χ3v) is 2.46. The van der Waals surface area contributed by atoms with Gasteiger partial charge in [-0.25, -0.2) is 4.79 Å². The predicted octanol–water partition coefficient (Wildman–Crippen LogP) is -0.435. The van der Waals surface area contributed by atoms with E-state index in [1.54, 1.807) is 18.2 Å². The van der Waals surface area contributed by atoms with Gasteiger partial charge < -0.3 is 15.1 Å². The van der Waals surface area contributed by atoms with Crippen molar-refractivity contribution in [1.29, 1.82) is 0 Å². The van der Waals surface area contributed by atoms with Crippen LogP contribution < -0.4 is 11.5 Å². The molecule has 0 saturated heterocycles. The summed E-state index contributed by atoms with van der Waals surface area (Å²) in [5.41, 5.74) is 6.62. The van der Waals surface area contributed by atoms with E-state index in [4.69, 9.17) is 10.2 Å². The van der Waals surface area contributed by atoms with Crippen molar-refractivity contribution in [2.45, 2.75) is 6.54 Å². The summed E-state index contributed by atoms with van der Waals surface area (Å²) in [7, 11) is 1.47. The molecule has 18 heavy (non-hydrogen) atoms. The van der Waals surface area contributed by atoms with Gasteiger partial charge in [-0.05, 0) is 17.7 Å². The Bertz CT molecular complexity index is 670. The average Bonchev–Trinajstić information content (AvgIpc) is 2.67. The lowest BCUT2D eigenvalue weighted by Gasteiger charge is -2.14. The third-order valence-electron chi connectivity index (χ3n) is 2.46. The molecule has 7 nitrogen and oxygen atoms in total. The molecule has 0 aliphatic carbocycles. The Morgan fingerprint density at radius 2 is 2.17 bits per heavy atom. The van der Waals surface area contributed by atoms with Crippen LogP contribution in [0.2, 0.25) is 0 Å². The zero-order valence-corrected chi connectivity index (χ0v) is 9.60. The summed E-state index contributed by atoms with van der Waals surface area (Å²) in [5.74, 6) is -2.31. The van der Waals surface area contributed by atoms with Gasteiger partial charge in [-0.2, -0.15) is 0 Å². The number of aromatic nitrogens is 1. The number of carbonyl (C=O) groups excluding carboxylic acids is 2. The minimum absolute atomic E-state index is 0.213. The third kappa shape index (κ3) is 2.24. The molecule has 3 N–H and O–H groups in total. The van der Waals surface area contributed by atoms with Gasteiger partial charge in [-0.15, -0.1) is 0 Å². The van der Waals surface area contributed by atoms with Crippen molar-refractivity contribution in [2.75, 3.05) is 7.05 Å². The number of nitrogens with two attached hydrogens (primary N) is 1. The molecule has 0 unspecified atom stereocenters. The molecule has 2 aromatic rings. The number of fused-ring (bicyclic) bond motifs is 1. The fraction of sp³-hybridized carbons (Fsp3) is 0.182. The Labute approximate surface area is 101 Å². The lowest BCUT2D eigenvalue weighted by atomic mass is 10.2. The number of oxazole rings is 1. The van der Waals surface area contributed by atoms with E-state index in [0.717, 1.165) is 5.56 Å². The highest BCUT2D eigenvalue weighted by atomic mass is 16.4. The average molecular weight is 249 g/mol. The number of hydrogen-bond donors (Lipinski definition) is 2. The fourth-order valence-electron chi connectivity index (χ4n) is 1.63. The molecule has 0 aliphatic rings. The highest BCUT2D eigenvalue weighted by Gasteiger charge is 2.15. The van der Waals surface area contributed by atoms with Crippen LogP contribution >= 0.6 is 0 Å². The number of primary amides is 1. The highest BCUT2D eigenvalue weighted by molar-refractivity contribution is 6.34. The van der Waals surface area contributed by atoms with Crippen molar-refractivity contribution >= 4 is 22.9 Å². The second-order valence-corrected chi connectivity index (χ2v) is 3.87. The monoisotopic (exact) mass is 249 g/mol. The maximum atomic E-state index is 11.3. The normalized spacial score (nSPS) is 10.5. The summed E-state index contributed by atoms with van der Waals surface area (Å²) in [5, 5.41) is 0. The molecule has 2 amide bonds. The largest absolute Gasteiger partial charge is 0.417 e. The molecule has 0 aliphatic heterocycles.